The van der Waals surface area contributed by atoms with Crippen molar-refractivity contribution in [3.05, 3.63) is 74.7 Å². The molecular formula is C24H19BrCl2N2O3. The van der Waals surface area contributed by atoms with E-state index in [-0.39, 0.29) is 5.91 Å². The molecule has 1 aromatic heterocycles. The molecule has 164 valence electrons. The molecule has 0 aliphatic heterocycles. The molecular weight excluding hydrogens is 515 g/mol. The summed E-state index contributed by atoms with van der Waals surface area (Å²) in [5.41, 5.74) is 4.12. The molecule has 0 spiro atoms. The fraction of sp³-hybridized carbons (Fsp3) is 0.167. The molecule has 1 atom stereocenters. The summed E-state index contributed by atoms with van der Waals surface area (Å²) in [5.74, 6) is 0.602. The summed E-state index contributed by atoms with van der Waals surface area (Å²) in [6.07, 6.45) is 0.160. The maximum atomic E-state index is 12.5. The lowest BCUT2D eigenvalue weighted by molar-refractivity contribution is -0.122. The van der Waals surface area contributed by atoms with Gasteiger partial charge in [-0.2, -0.15) is 0 Å². The minimum atomic E-state index is -0.754. The van der Waals surface area contributed by atoms with Crippen molar-refractivity contribution in [2.75, 3.05) is 5.32 Å². The van der Waals surface area contributed by atoms with Crippen molar-refractivity contribution in [2.24, 2.45) is 0 Å². The van der Waals surface area contributed by atoms with Crippen LogP contribution < -0.4 is 10.1 Å². The van der Waals surface area contributed by atoms with Crippen LogP contribution in [0, 0.1) is 0 Å². The van der Waals surface area contributed by atoms with E-state index < -0.39 is 6.10 Å². The van der Waals surface area contributed by atoms with Gasteiger partial charge in [0.25, 0.3) is 5.91 Å². The van der Waals surface area contributed by atoms with Gasteiger partial charge in [0, 0.05) is 16.3 Å². The summed E-state index contributed by atoms with van der Waals surface area (Å²) in [6, 6.07) is 16.2. The molecule has 1 N–H and O–H groups in total. The van der Waals surface area contributed by atoms with Crippen molar-refractivity contribution in [3.8, 4) is 17.2 Å². The van der Waals surface area contributed by atoms with E-state index in [9.17, 15) is 4.79 Å². The highest BCUT2D eigenvalue weighted by atomic mass is 79.9. The highest BCUT2D eigenvalue weighted by molar-refractivity contribution is 9.10. The van der Waals surface area contributed by atoms with Gasteiger partial charge in [0.05, 0.1) is 9.50 Å². The first-order valence-corrected chi connectivity index (χ1v) is 11.5. The zero-order valence-corrected chi connectivity index (χ0v) is 20.4. The highest BCUT2D eigenvalue weighted by Gasteiger charge is 2.17. The van der Waals surface area contributed by atoms with Crippen LogP contribution in [0.5, 0.6) is 5.75 Å². The summed E-state index contributed by atoms with van der Waals surface area (Å²) in [7, 11) is 0. The first-order chi connectivity index (χ1) is 15.3. The van der Waals surface area contributed by atoms with Crippen molar-refractivity contribution in [1.82, 2.24) is 4.98 Å². The molecule has 0 aliphatic rings. The molecule has 0 aliphatic carbocycles. The molecule has 4 aromatic rings. The Morgan fingerprint density at radius 3 is 2.59 bits per heavy atom. The molecule has 0 saturated carbocycles. The van der Waals surface area contributed by atoms with Gasteiger partial charge in [0.1, 0.15) is 11.3 Å². The number of anilines is 1. The summed E-state index contributed by atoms with van der Waals surface area (Å²) in [6.45, 7) is 3.74. The maximum absolute atomic E-state index is 12.5. The Morgan fingerprint density at radius 2 is 1.91 bits per heavy atom. The second kappa shape index (κ2) is 9.53. The van der Waals surface area contributed by atoms with Crippen LogP contribution in [0.15, 0.2) is 63.5 Å². The van der Waals surface area contributed by atoms with Crippen LogP contribution in [-0.4, -0.2) is 17.0 Å². The number of hydrogen-bond acceptors (Lipinski definition) is 4. The molecule has 0 fully saturated rings. The van der Waals surface area contributed by atoms with Crippen LogP contribution in [0.3, 0.4) is 0 Å². The smallest absolute Gasteiger partial charge is 0.265 e. The lowest BCUT2D eigenvalue weighted by Gasteiger charge is -2.16. The Morgan fingerprint density at radius 1 is 1.16 bits per heavy atom. The van der Waals surface area contributed by atoms with E-state index in [1.165, 1.54) is 5.56 Å². The zero-order valence-electron chi connectivity index (χ0n) is 17.3. The van der Waals surface area contributed by atoms with Gasteiger partial charge in [-0.15, -0.1) is 0 Å². The number of nitrogens with zero attached hydrogens (tertiary/aromatic N) is 1. The molecule has 1 heterocycles. The fourth-order valence-corrected chi connectivity index (χ4v) is 4.16. The first-order valence-electron chi connectivity index (χ1n) is 9.96. The quantitative estimate of drug-likeness (QED) is 0.278. The Kier molecular flexibility index (Phi) is 6.74. The Balaban J connectivity index is 1.46. The third-order valence-electron chi connectivity index (χ3n) is 4.88. The van der Waals surface area contributed by atoms with Crippen molar-refractivity contribution in [3.63, 3.8) is 0 Å². The van der Waals surface area contributed by atoms with Crippen LogP contribution in [0.4, 0.5) is 5.69 Å². The van der Waals surface area contributed by atoms with E-state index in [1.807, 2.05) is 24.3 Å². The van der Waals surface area contributed by atoms with Crippen LogP contribution in [0.25, 0.3) is 22.6 Å². The summed E-state index contributed by atoms with van der Waals surface area (Å²) in [4.78, 5) is 17.1. The van der Waals surface area contributed by atoms with Gasteiger partial charge in [-0.05, 0) is 89.4 Å². The second-order valence-corrected chi connectivity index (χ2v) is 8.90. The lowest BCUT2D eigenvalue weighted by Crippen LogP contribution is -2.30. The second-order valence-electron chi connectivity index (χ2n) is 7.20. The van der Waals surface area contributed by atoms with Gasteiger partial charge in [-0.25, -0.2) is 4.98 Å². The van der Waals surface area contributed by atoms with Crippen LogP contribution in [0.2, 0.25) is 10.0 Å². The molecule has 3 aromatic carbocycles. The van der Waals surface area contributed by atoms with Gasteiger partial charge in [0.15, 0.2) is 11.7 Å². The number of benzene rings is 3. The third-order valence-corrected chi connectivity index (χ3v) is 6.00. The van der Waals surface area contributed by atoms with Crippen molar-refractivity contribution in [2.45, 2.75) is 26.4 Å². The van der Waals surface area contributed by atoms with Gasteiger partial charge in [0.2, 0.25) is 5.89 Å². The molecule has 0 saturated heterocycles. The number of carbonyl (C=O) groups excluding carboxylic acids is 1. The predicted octanol–water partition coefficient (Wildman–Crippen LogP) is 7.53. The number of hydrogen-bond donors (Lipinski definition) is 1. The van der Waals surface area contributed by atoms with E-state index in [0.29, 0.717) is 33.0 Å². The van der Waals surface area contributed by atoms with Gasteiger partial charge >= 0.3 is 0 Å². The largest absolute Gasteiger partial charge is 0.479 e. The molecule has 5 nitrogen and oxygen atoms in total. The number of oxazole rings is 1. The van der Waals surface area contributed by atoms with E-state index in [0.717, 1.165) is 22.0 Å². The normalized spacial score (nSPS) is 12.0. The summed E-state index contributed by atoms with van der Waals surface area (Å²) >= 11 is 15.6. The summed E-state index contributed by atoms with van der Waals surface area (Å²) in [5, 5.41) is 3.67. The predicted molar refractivity (Wildman–Crippen MR) is 132 cm³/mol. The summed E-state index contributed by atoms with van der Waals surface area (Å²) < 4.78 is 12.5. The number of aryl methyl sites for hydroxylation is 1. The highest BCUT2D eigenvalue weighted by Crippen LogP contribution is 2.32. The Bertz CT molecular complexity index is 1290. The average Bonchev–Trinajstić information content (AvgIpc) is 3.21. The number of ether oxygens (including phenoxy) is 1. The first kappa shape index (κ1) is 22.6. The molecule has 8 heteroatoms. The van der Waals surface area contributed by atoms with E-state index in [1.54, 1.807) is 37.3 Å². The molecule has 0 bridgehead atoms. The van der Waals surface area contributed by atoms with E-state index in [4.69, 9.17) is 32.4 Å². The molecule has 1 amide bonds. The van der Waals surface area contributed by atoms with Gasteiger partial charge in [-0.3, -0.25) is 4.79 Å². The van der Waals surface area contributed by atoms with Crippen LogP contribution in [-0.2, 0) is 11.2 Å². The maximum Gasteiger partial charge on any atom is 0.265 e. The fourth-order valence-electron chi connectivity index (χ4n) is 3.13. The van der Waals surface area contributed by atoms with Crippen molar-refractivity contribution < 1.29 is 13.9 Å². The number of nitrogens with one attached hydrogen (secondary N) is 1. The zero-order chi connectivity index (χ0) is 22.8. The third kappa shape index (κ3) is 4.93. The molecule has 0 radical (unpaired) electrons. The average molecular weight is 534 g/mol. The van der Waals surface area contributed by atoms with Crippen molar-refractivity contribution >= 4 is 61.8 Å². The minimum absolute atomic E-state index is 0.304. The number of fused-ring (bicyclic) bond motifs is 1. The topological polar surface area (TPSA) is 64.4 Å². The van der Waals surface area contributed by atoms with E-state index >= 15 is 0 Å². The van der Waals surface area contributed by atoms with Gasteiger partial charge < -0.3 is 14.5 Å². The van der Waals surface area contributed by atoms with Gasteiger partial charge in [-0.1, -0.05) is 30.1 Å². The lowest BCUT2D eigenvalue weighted by atomic mass is 10.1. The number of amides is 1. The van der Waals surface area contributed by atoms with Crippen LogP contribution >= 0.6 is 39.1 Å². The number of aromatic nitrogens is 1. The standard InChI is InChI=1S/C24H19BrCl2N2O3/c1-3-14-10-18(25)22-20(11-14)29-24(32-22)15-4-7-17(8-5-15)28-23(30)13(2)31-21-9-6-16(26)12-19(21)27/h4-13H,3H2,1-2H3,(H,28,30)/t13-/m1/s1. The number of carbonyl (C=O) groups is 1. The minimum Gasteiger partial charge on any atom is -0.479 e. The molecule has 32 heavy (non-hydrogen) atoms. The van der Waals surface area contributed by atoms with E-state index in [2.05, 4.69) is 33.2 Å². The van der Waals surface area contributed by atoms with Crippen molar-refractivity contribution in [1.29, 1.82) is 0 Å². The number of rotatable bonds is 6. The molecule has 4 rings (SSSR count). The Hall–Kier alpha value is -2.54. The monoisotopic (exact) mass is 532 g/mol. The number of halogens is 3. The Labute approximate surface area is 203 Å². The SMILES string of the molecule is CCc1cc(Br)c2oc(-c3ccc(NC(=O)[C@@H](C)Oc4ccc(Cl)cc4Cl)cc3)nc2c1. The molecule has 0 unspecified atom stereocenters. The van der Waals surface area contributed by atoms with Crippen LogP contribution in [0.1, 0.15) is 19.4 Å².